The first-order valence-electron chi connectivity index (χ1n) is 17.5. The highest BCUT2D eigenvalue weighted by Crippen LogP contribution is 2.34. The van der Waals surface area contributed by atoms with E-state index in [0.717, 1.165) is 24.3 Å². The topological polar surface area (TPSA) is 102 Å². The summed E-state index contributed by atoms with van der Waals surface area (Å²) in [6.45, 7) is 1.61. The fraction of sp³-hybridized carbons (Fsp3) is 0.325. The highest BCUT2D eigenvalue weighted by Gasteiger charge is 2.37. The SMILES string of the molecule is O=C(NC1CCN(C(C(=O)O)N2CCC(NC(=O)c3ccccc3-c3ccc(C(F)(F)F)cc3)CC2)CC1)c1ccccc1-c1ccc(C(F)(F)F)cc1. The highest BCUT2D eigenvalue weighted by molar-refractivity contribution is 6.01. The Labute approximate surface area is 307 Å². The van der Waals surface area contributed by atoms with Crippen LogP contribution in [0.2, 0.25) is 0 Å². The van der Waals surface area contributed by atoms with Gasteiger partial charge in [-0.05, 0) is 84.3 Å². The van der Waals surface area contributed by atoms with E-state index < -0.39 is 35.6 Å². The molecule has 2 aliphatic rings. The van der Waals surface area contributed by atoms with Gasteiger partial charge in [0.25, 0.3) is 11.8 Å². The van der Waals surface area contributed by atoms with Crippen LogP contribution in [-0.2, 0) is 17.1 Å². The summed E-state index contributed by atoms with van der Waals surface area (Å²) in [4.78, 5) is 43.0. The molecule has 2 saturated heterocycles. The van der Waals surface area contributed by atoms with Crippen molar-refractivity contribution in [2.24, 2.45) is 0 Å². The molecule has 6 rings (SSSR count). The van der Waals surface area contributed by atoms with Gasteiger partial charge in [0.1, 0.15) is 0 Å². The Kier molecular flexibility index (Phi) is 11.4. The van der Waals surface area contributed by atoms with E-state index >= 15 is 0 Å². The molecule has 3 N–H and O–H groups in total. The Balaban J connectivity index is 1.02. The van der Waals surface area contributed by atoms with E-state index in [0.29, 0.717) is 85.2 Å². The number of nitrogens with one attached hydrogen (secondary N) is 2. The second-order valence-corrected chi connectivity index (χ2v) is 13.5. The van der Waals surface area contributed by atoms with Crippen molar-refractivity contribution in [2.45, 2.75) is 56.3 Å². The van der Waals surface area contributed by atoms with Crippen molar-refractivity contribution in [1.82, 2.24) is 20.4 Å². The molecule has 0 bridgehead atoms. The van der Waals surface area contributed by atoms with Crippen molar-refractivity contribution < 1.29 is 45.8 Å². The minimum Gasteiger partial charge on any atom is -0.479 e. The number of carboxylic acid groups (broad SMARTS) is 1. The first-order chi connectivity index (χ1) is 25.7. The van der Waals surface area contributed by atoms with Gasteiger partial charge in [-0.3, -0.25) is 19.4 Å². The molecule has 54 heavy (non-hydrogen) atoms. The second kappa shape index (κ2) is 16.0. The average Bonchev–Trinajstić information content (AvgIpc) is 3.15. The number of hydrogen-bond donors (Lipinski definition) is 3. The average molecular weight is 753 g/mol. The Morgan fingerprint density at radius 1 is 0.556 bits per heavy atom. The molecule has 0 aliphatic carbocycles. The number of nitrogens with zero attached hydrogens (tertiary/aromatic N) is 2. The largest absolute Gasteiger partial charge is 0.479 e. The minimum atomic E-state index is -4.48. The third-order valence-corrected chi connectivity index (χ3v) is 10.0. The molecule has 14 heteroatoms. The maximum atomic E-state index is 13.4. The number of rotatable bonds is 9. The van der Waals surface area contributed by atoms with E-state index in [9.17, 15) is 45.8 Å². The van der Waals surface area contributed by atoms with Crippen molar-refractivity contribution in [1.29, 1.82) is 0 Å². The Hall–Kier alpha value is -5.21. The molecule has 284 valence electrons. The maximum Gasteiger partial charge on any atom is 0.416 e. The zero-order valence-electron chi connectivity index (χ0n) is 29.0. The first kappa shape index (κ1) is 38.5. The van der Waals surface area contributed by atoms with Gasteiger partial charge in [-0.25, -0.2) is 4.79 Å². The van der Waals surface area contributed by atoms with Crippen LogP contribution in [0.5, 0.6) is 0 Å². The van der Waals surface area contributed by atoms with Gasteiger partial charge >= 0.3 is 18.3 Å². The van der Waals surface area contributed by atoms with E-state index in [-0.39, 0.29) is 23.9 Å². The van der Waals surface area contributed by atoms with Gasteiger partial charge in [-0.15, -0.1) is 0 Å². The van der Waals surface area contributed by atoms with Crippen LogP contribution in [0.1, 0.15) is 57.5 Å². The van der Waals surface area contributed by atoms with Crippen LogP contribution in [0.15, 0.2) is 97.1 Å². The number of likely N-dealkylation sites (tertiary alicyclic amines) is 2. The van der Waals surface area contributed by atoms with Crippen LogP contribution >= 0.6 is 0 Å². The maximum absolute atomic E-state index is 13.4. The summed E-state index contributed by atoms with van der Waals surface area (Å²) in [7, 11) is 0. The van der Waals surface area contributed by atoms with Gasteiger partial charge in [0.15, 0.2) is 6.17 Å². The third-order valence-electron chi connectivity index (χ3n) is 10.0. The van der Waals surface area contributed by atoms with Gasteiger partial charge < -0.3 is 15.7 Å². The van der Waals surface area contributed by atoms with E-state index in [2.05, 4.69) is 10.6 Å². The van der Waals surface area contributed by atoms with Gasteiger partial charge in [0.2, 0.25) is 0 Å². The monoisotopic (exact) mass is 752 g/mol. The second-order valence-electron chi connectivity index (χ2n) is 13.5. The Morgan fingerprint density at radius 2 is 0.889 bits per heavy atom. The number of hydrogen-bond acceptors (Lipinski definition) is 5. The molecule has 2 aliphatic heterocycles. The van der Waals surface area contributed by atoms with Gasteiger partial charge in [-0.2, -0.15) is 26.3 Å². The van der Waals surface area contributed by atoms with Crippen LogP contribution in [0.4, 0.5) is 26.3 Å². The number of amides is 2. The smallest absolute Gasteiger partial charge is 0.416 e. The lowest BCUT2D eigenvalue weighted by atomic mass is 9.96. The van der Waals surface area contributed by atoms with Crippen LogP contribution in [0.25, 0.3) is 22.3 Å². The molecule has 0 radical (unpaired) electrons. The summed E-state index contributed by atoms with van der Waals surface area (Å²) in [6.07, 6.45) is -7.90. The summed E-state index contributed by atoms with van der Waals surface area (Å²) in [5.74, 6) is -1.74. The fourth-order valence-electron chi connectivity index (χ4n) is 7.19. The first-order valence-corrected chi connectivity index (χ1v) is 17.5. The number of carboxylic acids is 1. The van der Waals surface area contributed by atoms with Crippen molar-refractivity contribution in [3.05, 3.63) is 119 Å². The van der Waals surface area contributed by atoms with Crippen molar-refractivity contribution in [2.75, 3.05) is 26.2 Å². The summed E-state index contributed by atoms with van der Waals surface area (Å²) in [6, 6.07) is 22.1. The number of benzene rings is 4. The zero-order chi connectivity index (χ0) is 38.6. The molecular weight excluding hydrogens is 714 g/mol. The number of carbonyl (C=O) groups is 3. The normalized spacial score (nSPS) is 16.6. The highest BCUT2D eigenvalue weighted by atomic mass is 19.4. The number of halogens is 6. The van der Waals surface area contributed by atoms with Gasteiger partial charge in [0, 0.05) is 49.4 Å². The summed E-state index contributed by atoms with van der Waals surface area (Å²) < 4.78 is 78.5. The number of carbonyl (C=O) groups excluding carboxylic acids is 2. The zero-order valence-corrected chi connectivity index (χ0v) is 29.0. The summed E-state index contributed by atoms with van der Waals surface area (Å²) in [5, 5.41) is 16.3. The van der Waals surface area contributed by atoms with E-state index in [1.165, 1.54) is 24.3 Å². The Morgan fingerprint density at radius 3 is 1.20 bits per heavy atom. The molecule has 2 heterocycles. The molecule has 4 aromatic carbocycles. The molecule has 0 spiro atoms. The van der Waals surface area contributed by atoms with Gasteiger partial charge in [0.05, 0.1) is 11.1 Å². The molecule has 0 aromatic heterocycles. The van der Waals surface area contributed by atoms with E-state index in [1.807, 2.05) is 9.80 Å². The quantitative estimate of drug-likeness (QED) is 0.153. The lowest BCUT2D eigenvalue weighted by Gasteiger charge is -2.43. The van der Waals surface area contributed by atoms with Crippen molar-refractivity contribution in [3.8, 4) is 22.3 Å². The molecule has 2 amide bonds. The van der Waals surface area contributed by atoms with Crippen LogP contribution in [0.3, 0.4) is 0 Å². The molecule has 8 nitrogen and oxygen atoms in total. The molecule has 4 aromatic rings. The number of alkyl halides is 6. The number of aliphatic carboxylic acids is 1. The van der Waals surface area contributed by atoms with Gasteiger partial charge in [-0.1, -0.05) is 60.7 Å². The van der Waals surface area contributed by atoms with Crippen LogP contribution in [0, 0.1) is 0 Å². The predicted molar refractivity (Wildman–Crippen MR) is 189 cm³/mol. The lowest BCUT2D eigenvalue weighted by Crippen LogP contribution is -2.59. The van der Waals surface area contributed by atoms with Crippen LogP contribution in [-0.4, -0.2) is 77.1 Å². The molecular formula is C40H38F6N4O4. The summed E-state index contributed by atoms with van der Waals surface area (Å²) in [5.41, 5.74) is 1.01. The molecule has 0 saturated carbocycles. The third kappa shape index (κ3) is 8.93. The Bertz CT molecular complexity index is 1820. The van der Waals surface area contributed by atoms with Crippen molar-refractivity contribution >= 4 is 17.8 Å². The number of piperidine rings is 2. The van der Waals surface area contributed by atoms with E-state index in [1.54, 1.807) is 48.5 Å². The molecule has 0 unspecified atom stereocenters. The fourth-order valence-corrected chi connectivity index (χ4v) is 7.19. The molecule has 0 atom stereocenters. The predicted octanol–water partition coefficient (Wildman–Crippen LogP) is 7.56. The van der Waals surface area contributed by atoms with Crippen molar-refractivity contribution in [3.63, 3.8) is 0 Å². The van der Waals surface area contributed by atoms with Crippen LogP contribution < -0.4 is 10.6 Å². The van der Waals surface area contributed by atoms with E-state index in [4.69, 9.17) is 0 Å². The minimum absolute atomic E-state index is 0.241. The standard InChI is InChI=1S/C40H38F6N4O4/c41-39(42,43)27-13-9-25(10-14-27)31-5-1-3-7-33(31)35(51)47-29-17-21-49(22-18-29)37(38(53)54)50-23-19-30(20-24-50)48-36(52)34-8-4-2-6-32(34)26-11-15-28(16-12-26)40(44,45)46/h1-16,29-30,37H,17-24H2,(H,47,51)(H,48,52)(H,53,54). The lowest BCUT2D eigenvalue weighted by molar-refractivity contribution is -0.153. The summed E-state index contributed by atoms with van der Waals surface area (Å²) >= 11 is 0. The molecule has 2 fully saturated rings.